The van der Waals surface area contributed by atoms with Crippen LogP contribution in [0.25, 0.3) is 10.9 Å². The van der Waals surface area contributed by atoms with E-state index in [-0.39, 0.29) is 0 Å². The van der Waals surface area contributed by atoms with Gasteiger partial charge < -0.3 is 11.1 Å². The SMILES string of the molecule is Cc1ccc(Cl)cc1Nc1ccc(N)c2cc(Br)cnc12. The number of hydrogen-bond donors (Lipinski definition) is 2. The summed E-state index contributed by atoms with van der Waals surface area (Å²) in [7, 11) is 0. The van der Waals surface area contributed by atoms with E-state index in [1.807, 2.05) is 43.3 Å². The minimum absolute atomic E-state index is 0.693. The summed E-state index contributed by atoms with van der Waals surface area (Å²) in [6.07, 6.45) is 1.76. The normalized spacial score (nSPS) is 10.8. The van der Waals surface area contributed by atoms with E-state index in [1.165, 1.54) is 0 Å². The van der Waals surface area contributed by atoms with Gasteiger partial charge in [-0.1, -0.05) is 17.7 Å². The summed E-state index contributed by atoms with van der Waals surface area (Å²) in [6.45, 7) is 2.03. The Labute approximate surface area is 136 Å². The first-order valence-electron chi connectivity index (χ1n) is 6.41. The molecule has 0 amide bonds. The van der Waals surface area contributed by atoms with E-state index in [0.717, 1.165) is 32.3 Å². The topological polar surface area (TPSA) is 50.9 Å². The fraction of sp³-hybridized carbons (Fsp3) is 0.0625. The molecule has 0 unspecified atom stereocenters. The number of benzene rings is 2. The largest absolute Gasteiger partial charge is 0.398 e. The van der Waals surface area contributed by atoms with E-state index in [0.29, 0.717) is 10.7 Å². The number of pyridine rings is 1. The van der Waals surface area contributed by atoms with Gasteiger partial charge in [0.15, 0.2) is 0 Å². The van der Waals surface area contributed by atoms with Crippen LogP contribution in [0, 0.1) is 6.92 Å². The van der Waals surface area contributed by atoms with E-state index in [9.17, 15) is 0 Å². The molecule has 1 heterocycles. The van der Waals surface area contributed by atoms with Gasteiger partial charge in [-0.05, 0) is 58.7 Å². The van der Waals surface area contributed by atoms with Crippen LogP contribution in [-0.2, 0) is 0 Å². The molecule has 0 spiro atoms. The quantitative estimate of drug-likeness (QED) is 0.609. The molecule has 0 radical (unpaired) electrons. The molecule has 5 heteroatoms. The van der Waals surface area contributed by atoms with Crippen LogP contribution in [-0.4, -0.2) is 4.98 Å². The standard InChI is InChI=1S/C16H13BrClN3/c1-9-2-3-11(18)7-15(9)21-14-5-4-13(19)12-6-10(17)8-20-16(12)14/h2-8,21H,19H2,1H3. The van der Waals surface area contributed by atoms with Crippen molar-refractivity contribution in [2.75, 3.05) is 11.1 Å². The van der Waals surface area contributed by atoms with Crippen LogP contribution < -0.4 is 11.1 Å². The van der Waals surface area contributed by atoms with Crippen molar-refractivity contribution in [2.24, 2.45) is 0 Å². The van der Waals surface area contributed by atoms with Crippen LogP contribution in [0.5, 0.6) is 0 Å². The number of halogens is 2. The molecule has 0 aliphatic carbocycles. The van der Waals surface area contributed by atoms with Crippen molar-refractivity contribution in [1.29, 1.82) is 0 Å². The lowest BCUT2D eigenvalue weighted by Gasteiger charge is -2.13. The van der Waals surface area contributed by atoms with E-state index < -0.39 is 0 Å². The Bertz CT molecular complexity index is 833. The van der Waals surface area contributed by atoms with Gasteiger partial charge in [0.1, 0.15) is 0 Å². The Balaban J connectivity index is 2.13. The minimum atomic E-state index is 0.693. The maximum absolute atomic E-state index is 6.07. The van der Waals surface area contributed by atoms with Gasteiger partial charge >= 0.3 is 0 Å². The highest BCUT2D eigenvalue weighted by Crippen LogP contribution is 2.32. The smallest absolute Gasteiger partial charge is 0.0958 e. The highest BCUT2D eigenvalue weighted by molar-refractivity contribution is 9.10. The van der Waals surface area contributed by atoms with Crippen molar-refractivity contribution in [3.8, 4) is 0 Å². The molecule has 3 N–H and O–H groups in total. The summed E-state index contributed by atoms with van der Waals surface area (Å²) in [5, 5.41) is 4.99. The Morgan fingerprint density at radius 1 is 1.14 bits per heavy atom. The maximum Gasteiger partial charge on any atom is 0.0958 e. The Kier molecular flexibility index (Phi) is 3.74. The number of nitrogen functional groups attached to an aromatic ring is 1. The first-order chi connectivity index (χ1) is 10.0. The van der Waals surface area contributed by atoms with Gasteiger partial charge in [-0.15, -0.1) is 0 Å². The van der Waals surface area contributed by atoms with E-state index >= 15 is 0 Å². The number of hydrogen-bond acceptors (Lipinski definition) is 3. The number of fused-ring (bicyclic) bond motifs is 1. The van der Waals surface area contributed by atoms with Gasteiger partial charge in [-0.3, -0.25) is 4.98 Å². The first kappa shape index (κ1) is 14.2. The van der Waals surface area contributed by atoms with Crippen LogP contribution >= 0.6 is 27.5 Å². The van der Waals surface area contributed by atoms with Crippen molar-refractivity contribution in [3.05, 3.63) is 57.7 Å². The first-order valence-corrected chi connectivity index (χ1v) is 7.58. The Hall–Kier alpha value is -1.78. The molecule has 0 saturated carbocycles. The molecule has 106 valence electrons. The van der Waals surface area contributed by atoms with Gasteiger partial charge in [0.05, 0.1) is 11.2 Å². The van der Waals surface area contributed by atoms with Crippen LogP contribution in [0.15, 0.2) is 47.1 Å². The van der Waals surface area contributed by atoms with E-state index in [1.54, 1.807) is 6.20 Å². The number of nitrogens with zero attached hydrogens (tertiary/aromatic N) is 1. The number of nitrogens with two attached hydrogens (primary N) is 1. The molecular weight excluding hydrogens is 350 g/mol. The van der Waals surface area contributed by atoms with Crippen molar-refractivity contribution in [2.45, 2.75) is 6.92 Å². The molecule has 0 aliphatic heterocycles. The van der Waals surface area contributed by atoms with Crippen molar-refractivity contribution < 1.29 is 0 Å². The predicted molar refractivity (Wildman–Crippen MR) is 93.3 cm³/mol. The lowest BCUT2D eigenvalue weighted by atomic mass is 10.1. The number of aromatic nitrogens is 1. The predicted octanol–water partition coefficient (Wildman–Crippen LogP) is 5.28. The number of anilines is 3. The van der Waals surface area contributed by atoms with Gasteiger partial charge in [-0.2, -0.15) is 0 Å². The summed E-state index contributed by atoms with van der Waals surface area (Å²) < 4.78 is 0.901. The van der Waals surface area contributed by atoms with Crippen LogP contribution in [0.4, 0.5) is 17.1 Å². The molecule has 21 heavy (non-hydrogen) atoms. The molecule has 3 rings (SSSR count). The van der Waals surface area contributed by atoms with Gasteiger partial charge in [0, 0.05) is 32.5 Å². The summed E-state index contributed by atoms with van der Waals surface area (Å²) in [4.78, 5) is 4.47. The molecule has 2 aromatic carbocycles. The molecular formula is C16H13BrClN3. The fourth-order valence-electron chi connectivity index (χ4n) is 2.19. The monoisotopic (exact) mass is 361 g/mol. The van der Waals surface area contributed by atoms with Gasteiger partial charge in [0.25, 0.3) is 0 Å². The van der Waals surface area contributed by atoms with Gasteiger partial charge in [-0.25, -0.2) is 0 Å². The second-order valence-electron chi connectivity index (χ2n) is 4.84. The number of nitrogens with one attached hydrogen (secondary N) is 1. The summed E-state index contributed by atoms with van der Waals surface area (Å²) >= 11 is 9.49. The maximum atomic E-state index is 6.07. The van der Waals surface area contributed by atoms with Crippen LogP contribution in [0.3, 0.4) is 0 Å². The Morgan fingerprint density at radius 3 is 2.76 bits per heavy atom. The molecule has 0 atom stereocenters. The third-order valence-electron chi connectivity index (χ3n) is 3.32. The highest BCUT2D eigenvalue weighted by Gasteiger charge is 2.08. The lowest BCUT2D eigenvalue weighted by molar-refractivity contribution is 1.37. The molecule has 0 aliphatic rings. The zero-order valence-electron chi connectivity index (χ0n) is 11.3. The molecule has 0 bridgehead atoms. The second kappa shape index (κ2) is 5.54. The molecule has 3 aromatic rings. The lowest BCUT2D eigenvalue weighted by Crippen LogP contribution is -1.97. The van der Waals surface area contributed by atoms with Gasteiger partial charge in [0.2, 0.25) is 0 Å². The van der Waals surface area contributed by atoms with Crippen LogP contribution in [0.2, 0.25) is 5.02 Å². The van der Waals surface area contributed by atoms with Crippen molar-refractivity contribution >= 4 is 55.5 Å². The molecule has 3 nitrogen and oxygen atoms in total. The average molecular weight is 363 g/mol. The third kappa shape index (κ3) is 2.82. The van der Waals surface area contributed by atoms with E-state index in [2.05, 4.69) is 26.2 Å². The average Bonchev–Trinajstić information content (AvgIpc) is 2.46. The minimum Gasteiger partial charge on any atom is -0.398 e. The fourth-order valence-corrected chi connectivity index (χ4v) is 2.69. The third-order valence-corrected chi connectivity index (χ3v) is 3.99. The van der Waals surface area contributed by atoms with E-state index in [4.69, 9.17) is 17.3 Å². The molecule has 1 aromatic heterocycles. The summed E-state index contributed by atoms with van der Waals surface area (Å²) in [6, 6.07) is 11.5. The van der Waals surface area contributed by atoms with Crippen LogP contribution in [0.1, 0.15) is 5.56 Å². The highest BCUT2D eigenvalue weighted by atomic mass is 79.9. The Morgan fingerprint density at radius 2 is 1.95 bits per heavy atom. The zero-order valence-corrected chi connectivity index (χ0v) is 13.7. The zero-order chi connectivity index (χ0) is 15.0. The van der Waals surface area contributed by atoms with Crippen molar-refractivity contribution in [1.82, 2.24) is 4.98 Å². The molecule has 0 fully saturated rings. The summed E-state index contributed by atoms with van der Waals surface area (Å²) in [5.74, 6) is 0. The second-order valence-corrected chi connectivity index (χ2v) is 6.19. The number of rotatable bonds is 2. The number of aryl methyl sites for hydroxylation is 1. The molecule has 0 saturated heterocycles. The summed E-state index contributed by atoms with van der Waals surface area (Å²) in [5.41, 5.74) is 10.5. The van der Waals surface area contributed by atoms with Crippen molar-refractivity contribution in [3.63, 3.8) is 0 Å².